The predicted molar refractivity (Wildman–Crippen MR) is 71.6 cm³/mol. The summed E-state index contributed by atoms with van der Waals surface area (Å²) in [5.41, 5.74) is 3.12. The van der Waals surface area contributed by atoms with E-state index in [0.29, 0.717) is 12.2 Å². The minimum atomic E-state index is -0.234. The van der Waals surface area contributed by atoms with Crippen LogP contribution in [0.25, 0.3) is 0 Å². The molecule has 1 aromatic rings. The summed E-state index contributed by atoms with van der Waals surface area (Å²) < 4.78 is 7.26. The van der Waals surface area contributed by atoms with Crippen LogP contribution < -0.4 is 4.31 Å². The number of anilines is 1. The van der Waals surface area contributed by atoms with E-state index in [-0.39, 0.29) is 5.97 Å². The average Bonchev–Trinajstić information content (AvgIpc) is 2.37. The normalized spacial score (nSPS) is 14.4. The predicted octanol–water partition coefficient (Wildman–Crippen LogP) is 2.89. The van der Waals surface area contributed by atoms with Gasteiger partial charge in [-0.15, -0.1) is 0 Å². The van der Waals surface area contributed by atoms with Crippen molar-refractivity contribution < 1.29 is 9.53 Å². The smallest absolute Gasteiger partial charge is 0.338 e. The van der Waals surface area contributed by atoms with Crippen molar-refractivity contribution in [3.63, 3.8) is 0 Å². The molecule has 0 amide bonds. The quantitative estimate of drug-likeness (QED) is 0.610. The Hall–Kier alpha value is -1.16. The molecule has 0 spiro atoms. The van der Waals surface area contributed by atoms with E-state index in [1.807, 2.05) is 25.1 Å². The van der Waals surface area contributed by atoms with Gasteiger partial charge in [0.1, 0.15) is 0 Å². The van der Waals surface area contributed by atoms with Crippen molar-refractivity contribution in [2.75, 3.05) is 23.7 Å². The topological polar surface area (TPSA) is 29.5 Å². The molecule has 0 bridgehead atoms. The van der Waals surface area contributed by atoms with E-state index in [4.69, 9.17) is 4.74 Å². The van der Waals surface area contributed by atoms with Crippen molar-refractivity contribution in [1.82, 2.24) is 0 Å². The Bertz CT molecular complexity index is 420. The highest BCUT2D eigenvalue weighted by molar-refractivity contribution is 7.99. The summed E-state index contributed by atoms with van der Waals surface area (Å²) in [7, 11) is 0. The maximum absolute atomic E-state index is 11.7. The lowest BCUT2D eigenvalue weighted by Crippen LogP contribution is -2.22. The van der Waals surface area contributed by atoms with Crippen molar-refractivity contribution in [1.29, 1.82) is 0 Å². The number of benzene rings is 1. The number of hydrogen-bond donors (Lipinski definition) is 0. The third-order valence-corrected chi connectivity index (χ3v) is 3.71. The van der Waals surface area contributed by atoms with Gasteiger partial charge in [-0.1, -0.05) is 18.0 Å². The molecule has 0 atom stereocenters. The van der Waals surface area contributed by atoms with Crippen LogP contribution in [0.5, 0.6) is 0 Å². The van der Waals surface area contributed by atoms with Crippen molar-refractivity contribution >= 4 is 23.6 Å². The highest BCUT2D eigenvalue weighted by Crippen LogP contribution is 2.32. The van der Waals surface area contributed by atoms with Crippen molar-refractivity contribution in [3.8, 4) is 0 Å². The molecule has 0 saturated carbocycles. The monoisotopic (exact) mass is 251 g/mol. The molecule has 0 radical (unpaired) electrons. The molecule has 0 N–H and O–H groups in total. The number of esters is 1. The third-order valence-electron chi connectivity index (χ3n) is 2.89. The summed E-state index contributed by atoms with van der Waals surface area (Å²) in [6.07, 6.45) is 4.33. The Labute approximate surface area is 106 Å². The van der Waals surface area contributed by atoms with Gasteiger partial charge in [-0.3, -0.25) is 0 Å². The lowest BCUT2D eigenvalue weighted by molar-refractivity contribution is 0.0526. The zero-order valence-corrected chi connectivity index (χ0v) is 11.0. The van der Waals surface area contributed by atoms with Crippen LogP contribution in [0.1, 0.15) is 29.3 Å². The van der Waals surface area contributed by atoms with E-state index in [2.05, 4.69) is 10.6 Å². The number of carbonyl (C=O) groups is 1. The number of ether oxygens (including phenoxy) is 1. The Morgan fingerprint density at radius 2 is 2.35 bits per heavy atom. The minimum absolute atomic E-state index is 0.234. The summed E-state index contributed by atoms with van der Waals surface area (Å²) in [5.74, 6) is -0.234. The molecule has 1 aliphatic rings. The van der Waals surface area contributed by atoms with Crippen LogP contribution in [-0.4, -0.2) is 25.4 Å². The molecule has 17 heavy (non-hydrogen) atoms. The number of fused-ring (bicyclic) bond motifs is 1. The fraction of sp³-hybridized carbons (Fsp3) is 0.462. The molecule has 1 aromatic carbocycles. The molecule has 1 heterocycles. The highest BCUT2D eigenvalue weighted by atomic mass is 32.2. The van der Waals surface area contributed by atoms with Crippen molar-refractivity contribution in [2.24, 2.45) is 0 Å². The third kappa shape index (κ3) is 2.57. The van der Waals surface area contributed by atoms with Gasteiger partial charge in [0.25, 0.3) is 0 Å². The first-order valence-corrected chi connectivity index (χ1v) is 7.06. The minimum Gasteiger partial charge on any atom is -0.462 e. The molecule has 3 nitrogen and oxygen atoms in total. The van der Waals surface area contributed by atoms with Crippen LogP contribution in [0.3, 0.4) is 0 Å². The van der Waals surface area contributed by atoms with Gasteiger partial charge in [0, 0.05) is 12.8 Å². The second kappa shape index (κ2) is 5.45. The highest BCUT2D eigenvalue weighted by Gasteiger charge is 2.18. The molecule has 0 fully saturated rings. The SMILES string of the molecule is CCOC(=O)c1ccc2c(c1)N(SC)CCC2. The van der Waals surface area contributed by atoms with Crippen LogP contribution in [-0.2, 0) is 11.2 Å². The Kier molecular flexibility index (Phi) is 3.94. The molecule has 0 saturated heterocycles. The Morgan fingerprint density at radius 3 is 3.06 bits per heavy atom. The summed E-state index contributed by atoms with van der Waals surface area (Å²) >= 11 is 1.70. The number of nitrogens with zero attached hydrogens (tertiary/aromatic N) is 1. The molecular formula is C13H17NO2S. The maximum atomic E-state index is 11.7. The van der Waals surface area contributed by atoms with Gasteiger partial charge in [-0.05, 0) is 37.5 Å². The van der Waals surface area contributed by atoms with Crippen molar-refractivity contribution in [2.45, 2.75) is 19.8 Å². The largest absolute Gasteiger partial charge is 0.462 e. The number of hydrogen-bond acceptors (Lipinski definition) is 4. The van der Waals surface area contributed by atoms with Gasteiger partial charge in [0.05, 0.1) is 17.9 Å². The van der Waals surface area contributed by atoms with Gasteiger partial charge in [0.2, 0.25) is 0 Å². The van der Waals surface area contributed by atoms with E-state index in [1.165, 1.54) is 12.0 Å². The fourth-order valence-corrected chi connectivity index (χ4v) is 2.75. The van der Waals surface area contributed by atoms with Crippen LogP contribution in [0, 0.1) is 0 Å². The van der Waals surface area contributed by atoms with Crippen molar-refractivity contribution in [3.05, 3.63) is 29.3 Å². The second-order valence-electron chi connectivity index (χ2n) is 3.95. The van der Waals surface area contributed by atoms with Gasteiger partial charge in [-0.2, -0.15) is 0 Å². The number of carbonyl (C=O) groups excluding carboxylic acids is 1. The van der Waals surface area contributed by atoms with Gasteiger partial charge < -0.3 is 9.04 Å². The lowest BCUT2D eigenvalue weighted by Gasteiger charge is -2.29. The molecule has 4 heteroatoms. The van der Waals surface area contributed by atoms with E-state index in [1.54, 1.807) is 11.9 Å². The number of aryl methyl sites for hydroxylation is 1. The first-order valence-electron chi connectivity index (χ1n) is 5.88. The zero-order chi connectivity index (χ0) is 12.3. The van der Waals surface area contributed by atoms with Crippen LogP contribution in [0.4, 0.5) is 5.69 Å². The van der Waals surface area contributed by atoms with Crippen LogP contribution in [0.15, 0.2) is 18.2 Å². The maximum Gasteiger partial charge on any atom is 0.338 e. The van der Waals surface area contributed by atoms with Crippen LogP contribution >= 0.6 is 11.9 Å². The molecule has 2 rings (SSSR count). The molecule has 92 valence electrons. The van der Waals surface area contributed by atoms with E-state index < -0.39 is 0 Å². The van der Waals surface area contributed by atoms with E-state index >= 15 is 0 Å². The van der Waals surface area contributed by atoms with Gasteiger partial charge in [-0.25, -0.2) is 4.79 Å². The second-order valence-corrected chi connectivity index (χ2v) is 4.76. The molecule has 0 unspecified atom stereocenters. The molecular weight excluding hydrogens is 234 g/mol. The Balaban J connectivity index is 2.30. The van der Waals surface area contributed by atoms with E-state index in [0.717, 1.165) is 18.7 Å². The summed E-state index contributed by atoms with van der Waals surface area (Å²) in [6.45, 7) is 3.28. The molecule has 1 aliphatic heterocycles. The van der Waals surface area contributed by atoms with Gasteiger partial charge >= 0.3 is 5.97 Å². The van der Waals surface area contributed by atoms with Crippen LogP contribution in [0.2, 0.25) is 0 Å². The zero-order valence-electron chi connectivity index (χ0n) is 10.2. The fourth-order valence-electron chi connectivity index (χ4n) is 2.07. The van der Waals surface area contributed by atoms with Gasteiger partial charge in [0.15, 0.2) is 0 Å². The first-order chi connectivity index (χ1) is 8.26. The Morgan fingerprint density at radius 1 is 1.53 bits per heavy atom. The summed E-state index contributed by atoms with van der Waals surface area (Å²) in [5, 5.41) is 0. The first kappa shape index (κ1) is 12.3. The lowest BCUT2D eigenvalue weighted by atomic mass is 10.0. The molecule has 0 aromatic heterocycles. The summed E-state index contributed by atoms with van der Waals surface area (Å²) in [4.78, 5) is 11.7. The molecule has 0 aliphatic carbocycles. The number of rotatable bonds is 3. The summed E-state index contributed by atoms with van der Waals surface area (Å²) in [6, 6.07) is 5.85. The van der Waals surface area contributed by atoms with E-state index in [9.17, 15) is 4.79 Å². The average molecular weight is 251 g/mol. The standard InChI is InChI=1S/C13H17NO2S/c1-3-16-13(15)11-7-6-10-5-4-8-14(17-2)12(10)9-11/h6-7,9H,3-5,8H2,1-2H3.